The van der Waals surface area contributed by atoms with Gasteiger partial charge in [-0.1, -0.05) is 103 Å². The summed E-state index contributed by atoms with van der Waals surface area (Å²) in [6, 6.07) is 38.6. The molecule has 0 saturated heterocycles. The van der Waals surface area contributed by atoms with Crippen molar-refractivity contribution in [3.8, 4) is 5.75 Å². The normalized spacial score (nSPS) is 19.4. The zero-order valence-electron chi connectivity index (χ0n) is 22.6. The van der Waals surface area contributed by atoms with Gasteiger partial charge in [0.15, 0.2) is 0 Å². The van der Waals surface area contributed by atoms with Gasteiger partial charge in [0, 0.05) is 23.4 Å². The van der Waals surface area contributed by atoms with E-state index < -0.39 is 0 Å². The lowest BCUT2D eigenvalue weighted by Crippen LogP contribution is -2.29. The van der Waals surface area contributed by atoms with Crippen molar-refractivity contribution in [1.29, 1.82) is 0 Å². The van der Waals surface area contributed by atoms with E-state index in [0.29, 0.717) is 18.4 Å². The second-order valence-electron chi connectivity index (χ2n) is 10.9. The van der Waals surface area contributed by atoms with Crippen molar-refractivity contribution in [2.45, 2.75) is 31.9 Å². The summed E-state index contributed by atoms with van der Waals surface area (Å²) in [6.07, 6.45) is 7.80. The third-order valence-corrected chi connectivity index (χ3v) is 8.28. The molecule has 1 aliphatic carbocycles. The van der Waals surface area contributed by atoms with Gasteiger partial charge in [-0.05, 0) is 71.0 Å². The summed E-state index contributed by atoms with van der Waals surface area (Å²) in [5.74, 6) is 1.84. The standard InChI is InChI=1S/C37H32N2O/c1-25-14-20-35-33(22-25)31-12-7-13-32(31)37(39-35)28-15-18-29(19-16-28)38-23-34-30-11-6-5-10-27(30)17-21-36(34)40-24-26-8-3-2-4-9-26/h2-12,14-23,31-32,37,39H,13,24H2,1H3/t31-,32+,37+/m1/s1. The minimum atomic E-state index is 0.282. The van der Waals surface area contributed by atoms with Gasteiger partial charge in [0.1, 0.15) is 12.4 Å². The number of rotatable bonds is 6. The molecule has 7 rings (SSSR count). The van der Waals surface area contributed by atoms with Crippen LogP contribution in [0.2, 0.25) is 0 Å². The van der Waals surface area contributed by atoms with Gasteiger partial charge in [-0.2, -0.15) is 0 Å². The summed E-state index contributed by atoms with van der Waals surface area (Å²) >= 11 is 0. The molecule has 1 N–H and O–H groups in total. The summed E-state index contributed by atoms with van der Waals surface area (Å²) in [6.45, 7) is 2.69. The Morgan fingerprint density at radius 1 is 0.875 bits per heavy atom. The van der Waals surface area contributed by atoms with Crippen molar-refractivity contribution in [2.24, 2.45) is 10.9 Å². The molecule has 0 radical (unpaired) electrons. The number of ether oxygens (including phenoxy) is 1. The number of hydrogen-bond acceptors (Lipinski definition) is 3. The molecule has 0 unspecified atom stereocenters. The van der Waals surface area contributed by atoms with Crippen LogP contribution in [0.4, 0.5) is 11.4 Å². The molecular formula is C37H32N2O. The third kappa shape index (κ3) is 4.69. The van der Waals surface area contributed by atoms with Crippen molar-refractivity contribution >= 4 is 28.4 Å². The van der Waals surface area contributed by atoms with Crippen LogP contribution in [0.15, 0.2) is 126 Å². The Bertz CT molecular complexity index is 1720. The van der Waals surface area contributed by atoms with Crippen molar-refractivity contribution in [3.63, 3.8) is 0 Å². The maximum atomic E-state index is 6.29. The molecule has 2 aliphatic rings. The van der Waals surface area contributed by atoms with Gasteiger partial charge in [-0.3, -0.25) is 4.99 Å². The molecule has 0 amide bonds. The van der Waals surface area contributed by atoms with Crippen LogP contribution in [-0.2, 0) is 6.61 Å². The van der Waals surface area contributed by atoms with E-state index in [1.165, 1.54) is 27.8 Å². The lowest BCUT2D eigenvalue weighted by Gasteiger charge is -2.37. The van der Waals surface area contributed by atoms with E-state index in [1.807, 2.05) is 24.4 Å². The molecule has 0 spiro atoms. The van der Waals surface area contributed by atoms with E-state index in [9.17, 15) is 0 Å². The maximum Gasteiger partial charge on any atom is 0.129 e. The summed E-state index contributed by atoms with van der Waals surface area (Å²) in [4.78, 5) is 4.90. The summed E-state index contributed by atoms with van der Waals surface area (Å²) in [5.41, 5.74) is 8.38. The number of nitrogens with one attached hydrogen (secondary N) is 1. The smallest absolute Gasteiger partial charge is 0.129 e. The van der Waals surface area contributed by atoms with E-state index >= 15 is 0 Å². The largest absolute Gasteiger partial charge is 0.488 e. The average Bonchev–Trinajstić information content (AvgIpc) is 3.50. The summed E-state index contributed by atoms with van der Waals surface area (Å²) < 4.78 is 6.29. The molecule has 0 fully saturated rings. The molecule has 40 heavy (non-hydrogen) atoms. The Morgan fingerprint density at radius 2 is 1.70 bits per heavy atom. The average molecular weight is 521 g/mol. The molecule has 1 heterocycles. The van der Waals surface area contributed by atoms with E-state index in [4.69, 9.17) is 9.73 Å². The molecule has 0 bridgehead atoms. The molecule has 3 atom stereocenters. The van der Waals surface area contributed by atoms with Crippen molar-refractivity contribution in [2.75, 3.05) is 5.32 Å². The van der Waals surface area contributed by atoms with Gasteiger partial charge < -0.3 is 10.1 Å². The first kappa shape index (κ1) is 24.4. The highest BCUT2D eigenvalue weighted by atomic mass is 16.5. The lowest BCUT2D eigenvalue weighted by atomic mass is 9.76. The van der Waals surface area contributed by atoms with Gasteiger partial charge in [0.2, 0.25) is 0 Å². The highest BCUT2D eigenvalue weighted by Crippen LogP contribution is 2.50. The quantitative estimate of drug-likeness (QED) is 0.179. The Kier molecular flexibility index (Phi) is 6.41. The van der Waals surface area contributed by atoms with Crippen LogP contribution in [0.1, 0.15) is 46.2 Å². The zero-order valence-corrected chi connectivity index (χ0v) is 22.6. The van der Waals surface area contributed by atoms with Crippen LogP contribution in [0, 0.1) is 12.8 Å². The molecule has 5 aromatic carbocycles. The van der Waals surface area contributed by atoms with Gasteiger partial charge in [-0.25, -0.2) is 0 Å². The molecular weight excluding hydrogens is 488 g/mol. The Labute approximate surface area is 235 Å². The molecule has 3 heteroatoms. The lowest BCUT2D eigenvalue weighted by molar-refractivity contribution is 0.306. The fraction of sp³-hybridized carbons (Fsp3) is 0.162. The van der Waals surface area contributed by atoms with Crippen LogP contribution < -0.4 is 10.1 Å². The maximum absolute atomic E-state index is 6.29. The number of hydrogen-bond donors (Lipinski definition) is 1. The summed E-state index contributed by atoms with van der Waals surface area (Å²) in [5, 5.41) is 6.15. The SMILES string of the molecule is Cc1ccc2c(c1)[C@@H]1C=CC[C@@H]1[C@H](c1ccc(N=Cc3c(OCc4ccccc4)ccc4ccccc34)cc1)N2. The van der Waals surface area contributed by atoms with E-state index in [0.717, 1.165) is 34.4 Å². The third-order valence-electron chi connectivity index (χ3n) is 8.28. The number of fused-ring (bicyclic) bond motifs is 4. The van der Waals surface area contributed by atoms with Gasteiger partial charge in [0.05, 0.1) is 11.7 Å². The first-order valence-electron chi connectivity index (χ1n) is 14.1. The first-order chi connectivity index (χ1) is 19.7. The second kappa shape index (κ2) is 10.5. The van der Waals surface area contributed by atoms with Crippen molar-refractivity contribution < 1.29 is 4.74 Å². The van der Waals surface area contributed by atoms with Crippen LogP contribution in [0.5, 0.6) is 5.75 Å². The first-order valence-corrected chi connectivity index (χ1v) is 14.1. The highest BCUT2D eigenvalue weighted by Gasteiger charge is 2.37. The molecule has 0 saturated carbocycles. The molecule has 1 aliphatic heterocycles. The number of anilines is 1. The number of aliphatic imine (C=N–C) groups is 1. The molecule has 3 nitrogen and oxygen atoms in total. The minimum Gasteiger partial charge on any atom is -0.488 e. The van der Waals surface area contributed by atoms with Crippen LogP contribution in [-0.4, -0.2) is 6.21 Å². The second-order valence-corrected chi connectivity index (χ2v) is 10.9. The number of nitrogens with zero attached hydrogens (tertiary/aromatic N) is 1. The fourth-order valence-electron chi connectivity index (χ4n) is 6.22. The van der Waals surface area contributed by atoms with Crippen LogP contribution >= 0.6 is 0 Å². The van der Waals surface area contributed by atoms with Crippen molar-refractivity contribution in [3.05, 3.63) is 149 Å². The monoisotopic (exact) mass is 520 g/mol. The fourth-order valence-corrected chi connectivity index (χ4v) is 6.22. The predicted octanol–water partition coefficient (Wildman–Crippen LogP) is 9.30. The van der Waals surface area contributed by atoms with E-state index in [1.54, 1.807) is 0 Å². The van der Waals surface area contributed by atoms with E-state index in [2.05, 4.69) is 115 Å². The predicted molar refractivity (Wildman–Crippen MR) is 166 cm³/mol. The van der Waals surface area contributed by atoms with Crippen molar-refractivity contribution in [1.82, 2.24) is 0 Å². The Hall–Kier alpha value is -4.63. The minimum absolute atomic E-state index is 0.282. The Balaban J connectivity index is 1.15. The number of aryl methyl sites for hydroxylation is 1. The zero-order chi connectivity index (χ0) is 26.9. The van der Waals surface area contributed by atoms with E-state index in [-0.39, 0.29) is 6.04 Å². The molecule has 5 aromatic rings. The van der Waals surface area contributed by atoms with Crippen LogP contribution in [0.3, 0.4) is 0 Å². The van der Waals surface area contributed by atoms with Crippen LogP contribution in [0.25, 0.3) is 10.8 Å². The number of benzene rings is 5. The molecule has 0 aromatic heterocycles. The molecule has 196 valence electrons. The Morgan fingerprint density at radius 3 is 2.58 bits per heavy atom. The van der Waals surface area contributed by atoms with Gasteiger partial charge in [0.25, 0.3) is 0 Å². The highest BCUT2D eigenvalue weighted by molar-refractivity contribution is 6.03. The number of allylic oxidation sites excluding steroid dienone is 2. The topological polar surface area (TPSA) is 33.6 Å². The van der Waals surface area contributed by atoms with Gasteiger partial charge >= 0.3 is 0 Å². The van der Waals surface area contributed by atoms with Gasteiger partial charge in [-0.15, -0.1) is 0 Å². The summed E-state index contributed by atoms with van der Waals surface area (Å²) in [7, 11) is 0.